The molecule has 0 amide bonds. The van der Waals surface area contributed by atoms with Crippen molar-refractivity contribution in [2.24, 2.45) is 10.9 Å². The molecule has 0 aromatic heterocycles. The highest BCUT2D eigenvalue weighted by atomic mass is 32.2. The number of hydrogen-bond donors (Lipinski definition) is 2. The Balaban J connectivity index is 0.000000921. The summed E-state index contributed by atoms with van der Waals surface area (Å²) in [5.41, 5.74) is 5.44. The Labute approximate surface area is 131 Å². The number of hydrogen-bond acceptors (Lipinski definition) is 3. The van der Waals surface area contributed by atoms with E-state index in [0.29, 0.717) is 5.75 Å². The second-order valence-electron chi connectivity index (χ2n) is 3.71. The van der Waals surface area contributed by atoms with Gasteiger partial charge in [0.15, 0.2) is 0 Å². The van der Waals surface area contributed by atoms with Crippen molar-refractivity contribution in [1.82, 2.24) is 0 Å². The van der Waals surface area contributed by atoms with Gasteiger partial charge in [-0.05, 0) is 29.0 Å². The number of thioether (sulfide) groups is 1. The lowest BCUT2D eigenvalue weighted by molar-refractivity contribution is 0.318. The molecule has 2 rings (SSSR count). The van der Waals surface area contributed by atoms with Gasteiger partial charge in [0.2, 0.25) is 0 Å². The maximum Gasteiger partial charge on any atom is 0.149 e. The molecule has 0 heterocycles. The summed E-state index contributed by atoms with van der Waals surface area (Å²) in [6.07, 6.45) is 9.46. The molecule has 1 aromatic rings. The van der Waals surface area contributed by atoms with Crippen molar-refractivity contribution in [2.75, 3.05) is 5.75 Å². The molecular weight excluding hydrogens is 280 g/mol. The van der Waals surface area contributed by atoms with Gasteiger partial charge >= 0.3 is 0 Å². The molecule has 3 N–H and O–H groups in total. The highest BCUT2D eigenvalue weighted by molar-refractivity contribution is 8.00. The molecule has 1 aromatic carbocycles. The molecule has 0 radical (unpaired) electrons. The lowest BCUT2D eigenvalue weighted by Gasteiger charge is -2.00. The van der Waals surface area contributed by atoms with E-state index < -0.39 is 0 Å². The summed E-state index contributed by atoms with van der Waals surface area (Å²) in [5.74, 6) is 0.735. The van der Waals surface area contributed by atoms with E-state index in [-0.39, 0.29) is 5.84 Å². The topological polar surface area (TPSA) is 58.6 Å². The van der Waals surface area contributed by atoms with Gasteiger partial charge < -0.3 is 10.9 Å². The van der Waals surface area contributed by atoms with E-state index in [2.05, 4.69) is 47.7 Å². The van der Waals surface area contributed by atoms with E-state index in [1.165, 1.54) is 10.4 Å². The normalized spacial score (nSPS) is 12.3. The van der Waals surface area contributed by atoms with Gasteiger partial charge in [0.25, 0.3) is 0 Å². The van der Waals surface area contributed by atoms with Crippen LogP contribution >= 0.6 is 11.8 Å². The molecule has 0 aliphatic heterocycles. The number of fused-ring (bicyclic) bond motifs is 1. The van der Waals surface area contributed by atoms with E-state index in [4.69, 9.17) is 10.9 Å². The van der Waals surface area contributed by atoms with Crippen LogP contribution < -0.4 is 16.2 Å². The van der Waals surface area contributed by atoms with Crippen LogP contribution in [0.25, 0.3) is 12.2 Å². The molecule has 0 fully saturated rings. The van der Waals surface area contributed by atoms with Gasteiger partial charge in [-0.2, -0.15) is 0 Å². The van der Waals surface area contributed by atoms with Gasteiger partial charge in [-0.1, -0.05) is 63.2 Å². The highest BCUT2D eigenvalue weighted by Gasteiger charge is 1.98. The number of nitrogens with zero attached hydrogens (tertiary/aromatic N) is 1. The largest absolute Gasteiger partial charge is 0.409 e. The number of oxime groups is 1. The number of allylic oxidation sites excluding steroid dienone is 2. The van der Waals surface area contributed by atoms with Crippen LogP contribution in [0.4, 0.5) is 0 Å². The van der Waals surface area contributed by atoms with Crippen LogP contribution in [0, 0.1) is 0 Å². The average Bonchev–Trinajstić information content (AvgIpc) is 2.81. The smallest absolute Gasteiger partial charge is 0.149 e. The van der Waals surface area contributed by atoms with Gasteiger partial charge in [0.1, 0.15) is 5.84 Å². The van der Waals surface area contributed by atoms with Crippen LogP contribution in [0.5, 0.6) is 0 Å². The second kappa shape index (κ2) is 12.1. The Bertz CT molecular complexity index is 577. The third kappa shape index (κ3) is 7.04. The summed E-state index contributed by atoms with van der Waals surface area (Å²) < 4.78 is 0. The molecule has 0 atom stereocenters. The quantitative estimate of drug-likeness (QED) is 0.297. The van der Waals surface area contributed by atoms with Gasteiger partial charge in [0.05, 0.1) is 5.75 Å². The van der Waals surface area contributed by atoms with Crippen LogP contribution in [0.1, 0.15) is 34.1 Å². The average molecular weight is 306 g/mol. The molecule has 116 valence electrons. The number of amidine groups is 1. The van der Waals surface area contributed by atoms with E-state index in [0.717, 1.165) is 11.3 Å². The van der Waals surface area contributed by atoms with E-state index >= 15 is 0 Å². The van der Waals surface area contributed by atoms with Gasteiger partial charge in [-0.25, -0.2) is 0 Å². The highest BCUT2D eigenvalue weighted by Crippen LogP contribution is 2.14. The predicted molar refractivity (Wildman–Crippen MR) is 95.2 cm³/mol. The molecule has 21 heavy (non-hydrogen) atoms. The molecular formula is C17H26N2OS. The van der Waals surface area contributed by atoms with Crippen molar-refractivity contribution in [3.8, 4) is 0 Å². The molecule has 0 unspecified atom stereocenters. The van der Waals surface area contributed by atoms with Crippen molar-refractivity contribution in [2.45, 2.75) is 39.0 Å². The Morgan fingerprint density at radius 1 is 1.24 bits per heavy atom. The van der Waals surface area contributed by atoms with Crippen LogP contribution in [0.3, 0.4) is 0 Å². The van der Waals surface area contributed by atoms with Crippen LogP contribution in [0.15, 0.2) is 40.4 Å². The number of nitrogens with two attached hydrogens (primary N) is 1. The molecule has 3 nitrogen and oxygen atoms in total. The third-order valence-electron chi connectivity index (χ3n) is 2.46. The fraction of sp³-hybridized carbons (Fsp3) is 0.353. The van der Waals surface area contributed by atoms with Gasteiger partial charge in [0, 0.05) is 4.90 Å². The summed E-state index contributed by atoms with van der Waals surface area (Å²) in [6, 6.07) is 6.28. The first-order valence-corrected chi connectivity index (χ1v) is 8.34. The van der Waals surface area contributed by atoms with Crippen LogP contribution in [-0.4, -0.2) is 16.8 Å². The fourth-order valence-corrected chi connectivity index (χ4v) is 2.35. The monoisotopic (exact) mass is 306 g/mol. The fourth-order valence-electron chi connectivity index (χ4n) is 1.60. The summed E-state index contributed by atoms with van der Waals surface area (Å²) in [6.45, 7) is 8.00. The molecule has 0 saturated carbocycles. The maximum absolute atomic E-state index is 8.47. The Morgan fingerprint density at radius 3 is 2.62 bits per heavy atom. The zero-order valence-electron chi connectivity index (χ0n) is 13.3. The molecule has 0 saturated heterocycles. The van der Waals surface area contributed by atoms with Gasteiger partial charge in [-0.15, -0.1) is 11.8 Å². The Hall–Kier alpha value is -1.68. The van der Waals surface area contributed by atoms with Crippen molar-refractivity contribution in [1.29, 1.82) is 0 Å². The first-order valence-electron chi connectivity index (χ1n) is 7.36. The van der Waals surface area contributed by atoms with E-state index in [9.17, 15) is 0 Å². The first kappa shape index (κ1) is 19.3. The van der Waals surface area contributed by atoms with Crippen molar-refractivity contribution >= 4 is 29.7 Å². The predicted octanol–water partition coefficient (Wildman–Crippen LogP) is 3.10. The second-order valence-corrected chi connectivity index (χ2v) is 4.75. The lowest BCUT2D eigenvalue weighted by atomic mass is 10.2. The zero-order valence-corrected chi connectivity index (χ0v) is 14.2. The lowest BCUT2D eigenvalue weighted by Crippen LogP contribution is -2.23. The third-order valence-corrected chi connectivity index (χ3v) is 3.49. The summed E-state index contributed by atoms with van der Waals surface area (Å²) in [4.78, 5) is 1.13. The molecule has 1 aliphatic carbocycles. The first-order chi connectivity index (χ1) is 10.3. The van der Waals surface area contributed by atoms with E-state index in [1.807, 2.05) is 27.7 Å². The van der Waals surface area contributed by atoms with Crippen molar-refractivity contribution in [3.63, 3.8) is 0 Å². The molecule has 4 heteroatoms. The SMILES string of the molecule is CC.CC.N/C(CSc1ccc2c(c1)=CCC=CC=2)=N\O. The van der Waals surface area contributed by atoms with Crippen LogP contribution in [-0.2, 0) is 0 Å². The van der Waals surface area contributed by atoms with Crippen LogP contribution in [0.2, 0.25) is 0 Å². The van der Waals surface area contributed by atoms with Crippen molar-refractivity contribution < 1.29 is 5.21 Å². The summed E-state index contributed by atoms with van der Waals surface area (Å²) >= 11 is 1.56. The maximum atomic E-state index is 8.47. The van der Waals surface area contributed by atoms with Gasteiger partial charge in [-0.3, -0.25) is 0 Å². The molecule has 0 spiro atoms. The number of rotatable bonds is 3. The minimum Gasteiger partial charge on any atom is -0.409 e. The molecule has 0 bridgehead atoms. The zero-order chi connectivity index (χ0) is 16.1. The van der Waals surface area contributed by atoms with Crippen molar-refractivity contribution in [3.05, 3.63) is 40.8 Å². The Kier molecular flexibility index (Phi) is 11.1. The minimum absolute atomic E-state index is 0.238. The Morgan fingerprint density at radius 2 is 1.95 bits per heavy atom. The summed E-state index contributed by atoms with van der Waals surface area (Å²) in [7, 11) is 0. The minimum atomic E-state index is 0.238. The standard InChI is InChI=1S/C13H14N2OS.2C2H6/c14-13(15-16)9-17-12-7-6-10-4-2-1-3-5-11(10)8-12;2*1-2/h1-2,4-8,16H,3,9H2,(H2,14,15);2*1-2H3. The molecule has 1 aliphatic rings. The number of benzene rings is 1. The summed E-state index contributed by atoms with van der Waals surface area (Å²) in [5, 5.41) is 13.9. The van der Waals surface area contributed by atoms with E-state index in [1.54, 1.807) is 11.8 Å².